The van der Waals surface area contributed by atoms with Crippen LogP contribution in [-0.4, -0.2) is 24.0 Å². The van der Waals surface area contributed by atoms with Crippen LogP contribution in [0.25, 0.3) is 10.2 Å². The third kappa shape index (κ3) is 4.36. The van der Waals surface area contributed by atoms with Gasteiger partial charge in [-0.1, -0.05) is 44.2 Å². The van der Waals surface area contributed by atoms with Gasteiger partial charge >= 0.3 is 0 Å². The molecule has 0 aliphatic carbocycles. The standard InChI is InChI=1S/C24H29N3OS/c1-16(2)18-10-8-9-17(3)23(18)26-22(28)15-27-14-7-6-12-20(27)24-25-19-11-4-5-13-21(19)29-24/h4-5,8-11,13,16,20H,6-7,12,14-15H2,1-3H3,(H,26,28)/p+1/t20-/m0/s1. The number of nitrogens with one attached hydrogen (secondary N) is 2. The number of rotatable bonds is 5. The van der Waals surface area contributed by atoms with E-state index in [1.165, 1.54) is 33.0 Å². The van der Waals surface area contributed by atoms with Crippen molar-refractivity contribution < 1.29 is 9.69 Å². The van der Waals surface area contributed by atoms with E-state index in [9.17, 15) is 4.79 Å². The molecule has 0 spiro atoms. The summed E-state index contributed by atoms with van der Waals surface area (Å²) >= 11 is 1.78. The second kappa shape index (κ2) is 8.64. The molecule has 1 fully saturated rings. The second-order valence-electron chi connectivity index (χ2n) is 8.40. The lowest BCUT2D eigenvalue weighted by molar-refractivity contribution is -0.929. The van der Waals surface area contributed by atoms with Crippen molar-refractivity contribution in [1.29, 1.82) is 0 Å². The summed E-state index contributed by atoms with van der Waals surface area (Å²) in [5, 5.41) is 4.40. The first-order valence-electron chi connectivity index (χ1n) is 10.6. The first kappa shape index (κ1) is 20.0. The zero-order valence-corrected chi connectivity index (χ0v) is 18.3. The molecule has 2 heterocycles. The van der Waals surface area contributed by atoms with Crippen molar-refractivity contribution in [3.8, 4) is 0 Å². The van der Waals surface area contributed by atoms with E-state index in [4.69, 9.17) is 4.98 Å². The molecule has 1 saturated heterocycles. The third-order valence-corrected chi connectivity index (χ3v) is 7.07. The molecule has 0 radical (unpaired) electrons. The van der Waals surface area contributed by atoms with Gasteiger partial charge in [0, 0.05) is 12.1 Å². The molecule has 5 heteroatoms. The number of carbonyl (C=O) groups excluding carboxylic acids is 1. The number of anilines is 1. The number of nitrogens with zero attached hydrogens (tertiary/aromatic N) is 1. The number of carbonyl (C=O) groups is 1. The lowest BCUT2D eigenvalue weighted by Gasteiger charge is -2.31. The molecule has 2 atom stereocenters. The number of hydrogen-bond donors (Lipinski definition) is 2. The zero-order chi connectivity index (χ0) is 20.4. The predicted molar refractivity (Wildman–Crippen MR) is 121 cm³/mol. The SMILES string of the molecule is Cc1cccc(C(C)C)c1NC(=O)C[NH+]1CCCC[C@H]1c1nc2ccccc2s1. The monoisotopic (exact) mass is 408 g/mol. The van der Waals surface area contributed by atoms with Crippen LogP contribution in [0.4, 0.5) is 5.69 Å². The van der Waals surface area contributed by atoms with Crippen LogP contribution in [0.2, 0.25) is 0 Å². The van der Waals surface area contributed by atoms with Crippen LogP contribution in [0.3, 0.4) is 0 Å². The first-order valence-corrected chi connectivity index (χ1v) is 11.4. The summed E-state index contributed by atoms with van der Waals surface area (Å²) in [5.41, 5.74) is 4.39. The molecule has 0 saturated carbocycles. The summed E-state index contributed by atoms with van der Waals surface area (Å²) in [6.07, 6.45) is 3.48. The molecule has 1 aliphatic rings. The Labute approximate surface area is 177 Å². The number of thiazole rings is 1. The van der Waals surface area contributed by atoms with Crippen LogP contribution >= 0.6 is 11.3 Å². The first-order chi connectivity index (χ1) is 14.0. The maximum atomic E-state index is 13.0. The summed E-state index contributed by atoms with van der Waals surface area (Å²) in [6, 6.07) is 14.9. The lowest BCUT2D eigenvalue weighted by atomic mass is 9.98. The Morgan fingerprint density at radius 1 is 1.21 bits per heavy atom. The highest BCUT2D eigenvalue weighted by atomic mass is 32.1. The highest BCUT2D eigenvalue weighted by molar-refractivity contribution is 7.18. The minimum Gasteiger partial charge on any atom is -0.321 e. The smallest absolute Gasteiger partial charge is 0.279 e. The Balaban J connectivity index is 1.52. The number of para-hydroxylation sites is 2. The third-order valence-electron chi connectivity index (χ3n) is 5.92. The molecular formula is C24H30N3OS+. The molecular weight excluding hydrogens is 378 g/mol. The van der Waals surface area contributed by atoms with E-state index in [0.717, 1.165) is 29.7 Å². The van der Waals surface area contributed by atoms with E-state index in [0.29, 0.717) is 18.5 Å². The molecule has 4 nitrogen and oxygen atoms in total. The number of fused-ring (bicyclic) bond motifs is 1. The summed E-state index contributed by atoms with van der Waals surface area (Å²) in [5.74, 6) is 0.479. The fraction of sp³-hybridized carbons (Fsp3) is 0.417. The maximum Gasteiger partial charge on any atom is 0.279 e. The molecule has 0 bridgehead atoms. The zero-order valence-electron chi connectivity index (χ0n) is 17.5. The summed E-state index contributed by atoms with van der Waals surface area (Å²) < 4.78 is 1.23. The summed E-state index contributed by atoms with van der Waals surface area (Å²) in [6.45, 7) is 7.93. The van der Waals surface area contributed by atoms with Crippen LogP contribution in [0.15, 0.2) is 42.5 Å². The van der Waals surface area contributed by atoms with Crippen LogP contribution in [-0.2, 0) is 4.79 Å². The van der Waals surface area contributed by atoms with Crippen molar-refractivity contribution in [2.75, 3.05) is 18.4 Å². The quantitative estimate of drug-likeness (QED) is 0.654. The van der Waals surface area contributed by atoms with Crippen molar-refractivity contribution >= 4 is 33.1 Å². The van der Waals surface area contributed by atoms with E-state index in [-0.39, 0.29) is 5.91 Å². The Morgan fingerprint density at radius 2 is 2.03 bits per heavy atom. The van der Waals surface area contributed by atoms with Gasteiger partial charge in [0.25, 0.3) is 5.91 Å². The highest BCUT2D eigenvalue weighted by Gasteiger charge is 2.32. The second-order valence-corrected chi connectivity index (χ2v) is 9.46. The van der Waals surface area contributed by atoms with Gasteiger partial charge in [0.1, 0.15) is 6.04 Å². The number of piperidine rings is 1. The van der Waals surface area contributed by atoms with Gasteiger partial charge in [-0.2, -0.15) is 0 Å². The van der Waals surface area contributed by atoms with E-state index < -0.39 is 0 Å². The minimum absolute atomic E-state index is 0.101. The number of benzene rings is 2. The Kier molecular flexibility index (Phi) is 5.97. The van der Waals surface area contributed by atoms with Gasteiger partial charge in [0.15, 0.2) is 11.6 Å². The fourth-order valence-electron chi connectivity index (χ4n) is 4.36. The summed E-state index contributed by atoms with van der Waals surface area (Å²) in [7, 11) is 0. The van der Waals surface area contributed by atoms with Crippen molar-refractivity contribution in [3.63, 3.8) is 0 Å². The van der Waals surface area contributed by atoms with Crippen molar-refractivity contribution in [3.05, 3.63) is 58.6 Å². The topological polar surface area (TPSA) is 46.4 Å². The van der Waals surface area contributed by atoms with Gasteiger partial charge in [-0.15, -0.1) is 11.3 Å². The van der Waals surface area contributed by atoms with Gasteiger partial charge in [-0.05, 0) is 48.9 Å². The Bertz CT molecular complexity index is 977. The van der Waals surface area contributed by atoms with Gasteiger partial charge in [-0.3, -0.25) is 4.79 Å². The molecule has 1 unspecified atom stereocenters. The van der Waals surface area contributed by atoms with E-state index in [1.807, 2.05) is 6.07 Å². The number of amides is 1. The summed E-state index contributed by atoms with van der Waals surface area (Å²) in [4.78, 5) is 19.2. The molecule has 1 amide bonds. The molecule has 4 rings (SSSR count). The Hall–Kier alpha value is -2.24. The minimum atomic E-state index is 0.101. The molecule has 2 aromatic carbocycles. The van der Waals surface area contributed by atoms with Gasteiger partial charge in [-0.25, -0.2) is 4.98 Å². The van der Waals surface area contributed by atoms with Crippen LogP contribution in [0, 0.1) is 6.92 Å². The normalized spacial score (nSPS) is 19.6. The molecule has 1 aromatic heterocycles. The Morgan fingerprint density at radius 3 is 2.83 bits per heavy atom. The molecule has 3 aromatic rings. The fourth-order valence-corrected chi connectivity index (χ4v) is 5.52. The predicted octanol–water partition coefficient (Wildman–Crippen LogP) is 4.48. The maximum absolute atomic E-state index is 13.0. The van der Waals surface area contributed by atoms with E-state index in [1.54, 1.807) is 11.3 Å². The van der Waals surface area contributed by atoms with Crippen molar-refractivity contribution in [2.24, 2.45) is 0 Å². The number of hydrogen-bond acceptors (Lipinski definition) is 3. The molecule has 2 N–H and O–H groups in total. The number of aromatic nitrogens is 1. The van der Waals surface area contributed by atoms with Crippen molar-refractivity contribution in [2.45, 2.75) is 52.0 Å². The van der Waals surface area contributed by atoms with Crippen LogP contribution in [0.1, 0.15) is 61.2 Å². The largest absolute Gasteiger partial charge is 0.321 e. The molecule has 152 valence electrons. The lowest BCUT2D eigenvalue weighted by Crippen LogP contribution is -3.14. The average molecular weight is 409 g/mol. The number of quaternary nitrogens is 1. The van der Waals surface area contributed by atoms with Gasteiger partial charge in [0.05, 0.1) is 16.8 Å². The van der Waals surface area contributed by atoms with Gasteiger partial charge < -0.3 is 10.2 Å². The van der Waals surface area contributed by atoms with E-state index in [2.05, 4.69) is 62.5 Å². The molecule has 1 aliphatic heterocycles. The van der Waals surface area contributed by atoms with Crippen LogP contribution in [0.5, 0.6) is 0 Å². The van der Waals surface area contributed by atoms with Crippen molar-refractivity contribution in [1.82, 2.24) is 4.98 Å². The number of aryl methyl sites for hydroxylation is 1. The number of likely N-dealkylation sites (tertiary alicyclic amines) is 1. The highest BCUT2D eigenvalue weighted by Crippen LogP contribution is 2.29. The molecule has 29 heavy (non-hydrogen) atoms. The average Bonchev–Trinajstić information content (AvgIpc) is 3.13. The van der Waals surface area contributed by atoms with E-state index >= 15 is 0 Å². The van der Waals surface area contributed by atoms with Gasteiger partial charge in [0.2, 0.25) is 0 Å². The van der Waals surface area contributed by atoms with Crippen LogP contribution < -0.4 is 10.2 Å².